The maximum atomic E-state index is 12.4. The number of carbonyl (C=O) groups is 1. The lowest BCUT2D eigenvalue weighted by molar-refractivity contribution is -0.115. The van der Waals surface area contributed by atoms with E-state index in [-0.39, 0.29) is 18.3 Å². The van der Waals surface area contributed by atoms with E-state index >= 15 is 0 Å². The fraction of sp³-hybridized carbons (Fsp3) is 0.500. The van der Waals surface area contributed by atoms with E-state index in [1.807, 2.05) is 36.7 Å². The van der Waals surface area contributed by atoms with Gasteiger partial charge in [-0.2, -0.15) is 0 Å². The minimum atomic E-state index is -0.0235. The van der Waals surface area contributed by atoms with Crippen molar-refractivity contribution in [3.8, 4) is 5.75 Å². The van der Waals surface area contributed by atoms with E-state index in [4.69, 9.17) is 9.73 Å². The van der Waals surface area contributed by atoms with Crippen molar-refractivity contribution in [1.82, 2.24) is 4.57 Å². The Morgan fingerprint density at radius 1 is 1.22 bits per heavy atom. The van der Waals surface area contributed by atoms with E-state index < -0.39 is 0 Å². The summed E-state index contributed by atoms with van der Waals surface area (Å²) in [6.07, 6.45) is 7.94. The van der Waals surface area contributed by atoms with Crippen LogP contribution in [0.25, 0.3) is 0 Å². The zero-order chi connectivity index (χ0) is 18.4. The van der Waals surface area contributed by atoms with Crippen LogP contribution in [0.5, 0.6) is 5.75 Å². The van der Waals surface area contributed by atoms with Crippen LogP contribution in [0.2, 0.25) is 0 Å². The van der Waals surface area contributed by atoms with Gasteiger partial charge in [-0.3, -0.25) is 9.79 Å². The van der Waals surface area contributed by atoms with Crippen LogP contribution in [0.3, 0.4) is 0 Å². The first-order valence-electron chi connectivity index (χ1n) is 9.27. The molecule has 0 atom stereocenters. The minimum absolute atomic E-state index is 0. The molecular weight excluding hydrogens is 382 g/mol. The first kappa shape index (κ1) is 21.5. The predicted molar refractivity (Wildman–Crippen MR) is 113 cm³/mol. The highest BCUT2D eigenvalue weighted by Crippen LogP contribution is 2.19. The molecule has 1 amide bonds. The van der Waals surface area contributed by atoms with Crippen molar-refractivity contribution >= 4 is 35.3 Å². The van der Waals surface area contributed by atoms with Gasteiger partial charge in [-0.25, -0.2) is 0 Å². The molecule has 7 heteroatoms. The third kappa shape index (κ3) is 6.11. The Kier molecular flexibility index (Phi) is 8.38. The summed E-state index contributed by atoms with van der Waals surface area (Å²) >= 11 is 1.63. The number of benzene rings is 1. The van der Waals surface area contributed by atoms with Crippen LogP contribution in [0.4, 0.5) is 5.69 Å². The average Bonchev–Trinajstić information content (AvgIpc) is 2.85. The van der Waals surface area contributed by atoms with Crippen molar-refractivity contribution in [2.75, 3.05) is 12.4 Å². The molecule has 0 radical (unpaired) electrons. The number of rotatable bonds is 5. The fourth-order valence-corrected chi connectivity index (χ4v) is 4.23. The molecule has 0 saturated heterocycles. The zero-order valence-electron chi connectivity index (χ0n) is 15.9. The Labute approximate surface area is 170 Å². The van der Waals surface area contributed by atoms with Crippen molar-refractivity contribution in [3.63, 3.8) is 0 Å². The number of halogens is 1. The van der Waals surface area contributed by atoms with Crippen molar-refractivity contribution < 1.29 is 9.53 Å². The van der Waals surface area contributed by atoms with E-state index in [0.717, 1.165) is 21.9 Å². The van der Waals surface area contributed by atoms with E-state index in [0.29, 0.717) is 12.5 Å². The maximum Gasteiger partial charge on any atom is 0.230 e. The average molecular weight is 410 g/mol. The summed E-state index contributed by atoms with van der Waals surface area (Å²) in [4.78, 5) is 18.3. The molecule has 5 nitrogen and oxygen atoms in total. The van der Waals surface area contributed by atoms with Crippen LogP contribution in [-0.2, 0) is 18.3 Å². The Hall–Kier alpha value is -1.79. The van der Waals surface area contributed by atoms with Gasteiger partial charge in [0.05, 0.1) is 19.6 Å². The first-order chi connectivity index (χ1) is 12.7. The molecule has 1 aromatic carbocycles. The summed E-state index contributed by atoms with van der Waals surface area (Å²) in [5, 5.41) is 4.98. The number of anilines is 1. The normalized spacial score (nSPS) is 15.7. The maximum absolute atomic E-state index is 12.4. The van der Waals surface area contributed by atoms with Crippen LogP contribution in [0.15, 0.2) is 34.6 Å². The quantitative estimate of drug-likeness (QED) is 0.747. The lowest BCUT2D eigenvalue weighted by atomic mass is 10.1. The number of amides is 1. The number of ether oxygens (including phenoxy) is 1. The highest BCUT2D eigenvalue weighted by atomic mass is 35.5. The van der Waals surface area contributed by atoms with Gasteiger partial charge in [-0.1, -0.05) is 25.7 Å². The smallest absolute Gasteiger partial charge is 0.230 e. The molecule has 148 valence electrons. The molecule has 0 bridgehead atoms. The summed E-state index contributed by atoms with van der Waals surface area (Å²) in [7, 11) is 3.63. The van der Waals surface area contributed by atoms with Crippen LogP contribution in [-0.4, -0.2) is 23.6 Å². The zero-order valence-corrected chi connectivity index (χ0v) is 17.6. The van der Waals surface area contributed by atoms with Gasteiger partial charge < -0.3 is 14.6 Å². The highest BCUT2D eigenvalue weighted by molar-refractivity contribution is 7.07. The summed E-state index contributed by atoms with van der Waals surface area (Å²) in [6.45, 7) is 0. The number of hydrogen-bond donors (Lipinski definition) is 1. The van der Waals surface area contributed by atoms with E-state index in [1.54, 1.807) is 18.4 Å². The number of hydrogen-bond acceptors (Lipinski definition) is 4. The Morgan fingerprint density at radius 3 is 2.52 bits per heavy atom. The molecule has 0 aliphatic heterocycles. The summed E-state index contributed by atoms with van der Waals surface area (Å²) < 4.78 is 7.19. The monoisotopic (exact) mass is 409 g/mol. The van der Waals surface area contributed by atoms with Gasteiger partial charge in [0, 0.05) is 23.8 Å². The highest BCUT2D eigenvalue weighted by Gasteiger charge is 2.13. The summed E-state index contributed by atoms with van der Waals surface area (Å²) in [6, 6.07) is 7.80. The molecule has 1 heterocycles. The second kappa shape index (κ2) is 10.5. The number of methoxy groups -OCH3 is 1. The molecule has 1 aliphatic rings. The largest absolute Gasteiger partial charge is 0.497 e. The van der Waals surface area contributed by atoms with Crippen LogP contribution >= 0.6 is 23.7 Å². The van der Waals surface area contributed by atoms with Gasteiger partial charge in [-0.15, -0.1) is 23.7 Å². The molecule has 1 fully saturated rings. The Balaban J connectivity index is 0.00000261. The van der Waals surface area contributed by atoms with Gasteiger partial charge in [0.1, 0.15) is 5.75 Å². The van der Waals surface area contributed by atoms with Gasteiger partial charge in [0.25, 0.3) is 0 Å². The van der Waals surface area contributed by atoms with Crippen LogP contribution < -0.4 is 14.9 Å². The van der Waals surface area contributed by atoms with Gasteiger partial charge in [-0.05, 0) is 37.1 Å². The fourth-order valence-electron chi connectivity index (χ4n) is 3.27. The van der Waals surface area contributed by atoms with E-state index in [2.05, 4.69) is 9.88 Å². The molecule has 1 aliphatic carbocycles. The Bertz CT molecular complexity index is 790. The molecular formula is C20H28ClN3O2S. The third-order valence-electron chi connectivity index (χ3n) is 4.85. The SMILES string of the molecule is COc1ccc(NC(=O)Cc2csc(=NC3CCCCCC3)n2C)cc1.Cl. The second-order valence-electron chi connectivity index (χ2n) is 6.80. The third-order valence-corrected chi connectivity index (χ3v) is 5.83. The predicted octanol–water partition coefficient (Wildman–Crippen LogP) is 4.32. The molecule has 2 aromatic rings. The minimum Gasteiger partial charge on any atom is -0.497 e. The standard InChI is InChI=1S/C20H27N3O2S.ClH/c1-23-17(13-19(24)21-16-9-11-18(25-2)12-10-16)14-26-20(23)22-15-7-5-3-4-6-8-15;/h9-12,14-15H,3-8,13H2,1-2H3,(H,21,24);1H. The molecule has 0 unspecified atom stereocenters. The topological polar surface area (TPSA) is 55.6 Å². The van der Waals surface area contributed by atoms with Crippen LogP contribution in [0.1, 0.15) is 44.2 Å². The van der Waals surface area contributed by atoms with Crippen LogP contribution in [0, 0.1) is 0 Å². The first-order valence-corrected chi connectivity index (χ1v) is 10.1. The number of nitrogens with one attached hydrogen (secondary N) is 1. The number of aromatic nitrogens is 1. The molecule has 1 aromatic heterocycles. The molecule has 1 saturated carbocycles. The molecule has 27 heavy (non-hydrogen) atoms. The number of thiazole rings is 1. The lowest BCUT2D eigenvalue weighted by Gasteiger charge is -2.08. The number of carbonyl (C=O) groups excluding carboxylic acids is 1. The lowest BCUT2D eigenvalue weighted by Crippen LogP contribution is -2.21. The van der Waals surface area contributed by atoms with Crippen molar-refractivity contribution in [2.45, 2.75) is 51.0 Å². The van der Waals surface area contributed by atoms with E-state index in [9.17, 15) is 4.79 Å². The molecule has 0 spiro atoms. The molecule has 1 N–H and O–H groups in total. The number of nitrogens with zero attached hydrogens (tertiary/aromatic N) is 2. The Morgan fingerprint density at radius 2 is 1.89 bits per heavy atom. The van der Waals surface area contributed by atoms with Gasteiger partial charge in [0.2, 0.25) is 5.91 Å². The second-order valence-corrected chi connectivity index (χ2v) is 7.63. The van der Waals surface area contributed by atoms with Crippen molar-refractivity contribution in [1.29, 1.82) is 0 Å². The van der Waals surface area contributed by atoms with E-state index in [1.165, 1.54) is 38.5 Å². The van der Waals surface area contributed by atoms with Gasteiger partial charge in [0.15, 0.2) is 4.80 Å². The molecule has 3 rings (SSSR count). The van der Waals surface area contributed by atoms with Gasteiger partial charge >= 0.3 is 0 Å². The summed E-state index contributed by atoms with van der Waals surface area (Å²) in [5.74, 6) is 0.751. The van der Waals surface area contributed by atoms with Crippen molar-refractivity contribution in [3.05, 3.63) is 40.1 Å². The summed E-state index contributed by atoms with van der Waals surface area (Å²) in [5.41, 5.74) is 1.77. The van der Waals surface area contributed by atoms with Crippen molar-refractivity contribution in [2.24, 2.45) is 12.0 Å².